The predicted octanol–water partition coefficient (Wildman–Crippen LogP) is 4.86. The number of aliphatic hydroxyl groups excluding tert-OH is 1. The van der Waals surface area contributed by atoms with Gasteiger partial charge in [0.15, 0.2) is 0 Å². The number of allylic oxidation sites excluding steroid dienone is 1. The van der Waals surface area contributed by atoms with Gasteiger partial charge < -0.3 is 5.11 Å². The molecule has 0 aromatic rings. The Balaban J connectivity index is 4.97. The highest BCUT2D eigenvalue weighted by Crippen LogP contribution is 2.53. The van der Waals surface area contributed by atoms with Gasteiger partial charge in [0.25, 0.3) is 6.08 Å². The van der Waals surface area contributed by atoms with Crippen molar-refractivity contribution in [2.45, 2.75) is 49.4 Å². The van der Waals surface area contributed by atoms with Crippen LogP contribution in [0.1, 0.15) is 25.7 Å². The molecule has 0 aliphatic carbocycles. The number of unbranched alkanes of at least 4 members (excludes halogenated alkanes) is 2. The van der Waals surface area contributed by atoms with Crippen molar-refractivity contribution in [3.05, 3.63) is 12.2 Å². The van der Waals surface area contributed by atoms with E-state index >= 15 is 0 Å². The summed E-state index contributed by atoms with van der Waals surface area (Å²) in [4.78, 5) is 0. The van der Waals surface area contributed by atoms with Gasteiger partial charge in [-0.3, -0.25) is 0 Å². The van der Waals surface area contributed by atoms with Gasteiger partial charge in [-0.15, -0.1) is 0 Å². The standard InChI is InChI=1S/C11H12F10O/c12-7(13)4-2-1-3-5-8(14,15)10(18,19)11(20,21)9(16,17)6-22/h4,22H,1-3,5-6H2. The number of halogens is 10. The summed E-state index contributed by atoms with van der Waals surface area (Å²) in [5.41, 5.74) is 0. The maximum absolute atomic E-state index is 13.1. The lowest BCUT2D eigenvalue weighted by Gasteiger charge is -2.36. The third kappa shape index (κ3) is 4.26. The third-order valence-electron chi connectivity index (χ3n) is 2.76. The van der Waals surface area contributed by atoms with Gasteiger partial charge in [-0.25, -0.2) is 0 Å². The fourth-order valence-corrected chi connectivity index (χ4v) is 1.42. The minimum atomic E-state index is -6.48. The number of hydrogen-bond acceptors (Lipinski definition) is 1. The van der Waals surface area contributed by atoms with E-state index in [9.17, 15) is 43.9 Å². The summed E-state index contributed by atoms with van der Waals surface area (Å²) >= 11 is 0. The van der Waals surface area contributed by atoms with Crippen LogP contribution in [0.3, 0.4) is 0 Å². The van der Waals surface area contributed by atoms with Crippen LogP contribution in [-0.4, -0.2) is 35.4 Å². The molecule has 0 amide bonds. The summed E-state index contributed by atoms with van der Waals surface area (Å²) in [6, 6.07) is 0. The van der Waals surface area contributed by atoms with Gasteiger partial charge in [0.2, 0.25) is 0 Å². The van der Waals surface area contributed by atoms with E-state index in [2.05, 4.69) is 0 Å². The van der Waals surface area contributed by atoms with Crippen molar-refractivity contribution in [1.29, 1.82) is 0 Å². The van der Waals surface area contributed by atoms with Crippen LogP contribution in [0.5, 0.6) is 0 Å². The maximum Gasteiger partial charge on any atom is 0.380 e. The van der Waals surface area contributed by atoms with Crippen molar-refractivity contribution >= 4 is 0 Å². The fraction of sp³-hybridized carbons (Fsp3) is 0.818. The van der Waals surface area contributed by atoms with E-state index in [1.54, 1.807) is 0 Å². The first-order valence-corrected chi connectivity index (χ1v) is 5.86. The quantitative estimate of drug-likeness (QED) is 0.465. The topological polar surface area (TPSA) is 20.2 Å². The molecular weight excluding hydrogens is 338 g/mol. The molecule has 0 aromatic heterocycles. The summed E-state index contributed by atoms with van der Waals surface area (Å²) in [5, 5.41) is 7.97. The second-order valence-electron chi connectivity index (χ2n) is 4.46. The molecule has 0 spiro atoms. The van der Waals surface area contributed by atoms with E-state index < -0.39 is 62.1 Å². The molecule has 1 nitrogen and oxygen atoms in total. The Bertz CT molecular complexity index is 386. The molecular formula is C11H12F10O. The van der Waals surface area contributed by atoms with Gasteiger partial charge in [0.05, 0.1) is 0 Å². The van der Waals surface area contributed by atoms with Crippen LogP contribution in [0, 0.1) is 0 Å². The molecule has 0 atom stereocenters. The van der Waals surface area contributed by atoms with Crippen LogP contribution < -0.4 is 0 Å². The van der Waals surface area contributed by atoms with Crippen molar-refractivity contribution < 1.29 is 49.0 Å². The van der Waals surface area contributed by atoms with Gasteiger partial charge in [-0.2, -0.15) is 43.9 Å². The highest BCUT2D eigenvalue weighted by molar-refractivity contribution is 5.03. The molecule has 0 aliphatic heterocycles. The summed E-state index contributed by atoms with van der Waals surface area (Å²) < 4.78 is 127. The van der Waals surface area contributed by atoms with Crippen LogP contribution in [-0.2, 0) is 0 Å². The lowest BCUT2D eigenvalue weighted by molar-refractivity contribution is -0.371. The van der Waals surface area contributed by atoms with E-state index in [4.69, 9.17) is 5.11 Å². The van der Waals surface area contributed by atoms with E-state index in [-0.39, 0.29) is 0 Å². The first-order chi connectivity index (χ1) is 9.73. The largest absolute Gasteiger partial charge is 0.390 e. The zero-order valence-electron chi connectivity index (χ0n) is 10.8. The molecule has 0 aliphatic rings. The number of alkyl halides is 8. The van der Waals surface area contributed by atoms with E-state index in [1.165, 1.54) is 0 Å². The Hall–Kier alpha value is -1.00. The van der Waals surface area contributed by atoms with Crippen LogP contribution >= 0.6 is 0 Å². The SMILES string of the molecule is OCC(F)(F)C(F)(F)C(F)(F)C(F)(F)CCCCC=C(F)F. The second-order valence-corrected chi connectivity index (χ2v) is 4.46. The summed E-state index contributed by atoms with van der Waals surface area (Å²) in [5.74, 6) is -24.2. The monoisotopic (exact) mass is 350 g/mol. The lowest BCUT2D eigenvalue weighted by atomic mass is 9.95. The average Bonchev–Trinajstić information content (AvgIpc) is 2.37. The predicted molar refractivity (Wildman–Crippen MR) is 55.6 cm³/mol. The average molecular weight is 350 g/mol. The van der Waals surface area contributed by atoms with Crippen molar-refractivity contribution in [2.75, 3.05) is 6.61 Å². The molecule has 0 rings (SSSR count). The van der Waals surface area contributed by atoms with Crippen molar-refractivity contribution in [3.8, 4) is 0 Å². The van der Waals surface area contributed by atoms with Crippen LogP contribution in [0.4, 0.5) is 43.9 Å². The summed E-state index contributed by atoms with van der Waals surface area (Å²) in [7, 11) is 0. The molecule has 0 saturated carbocycles. The van der Waals surface area contributed by atoms with Crippen molar-refractivity contribution in [1.82, 2.24) is 0 Å². The molecule has 0 saturated heterocycles. The number of rotatable bonds is 9. The summed E-state index contributed by atoms with van der Waals surface area (Å²) in [6.45, 7) is -2.74. The van der Waals surface area contributed by atoms with Gasteiger partial charge in [-0.05, 0) is 25.3 Å². The normalized spacial score (nSPS) is 14.1. The Labute approximate surface area is 118 Å². The highest BCUT2D eigenvalue weighted by atomic mass is 19.4. The highest BCUT2D eigenvalue weighted by Gasteiger charge is 2.79. The molecule has 11 heteroatoms. The van der Waals surface area contributed by atoms with Gasteiger partial charge >= 0.3 is 23.7 Å². The Morgan fingerprint density at radius 3 is 1.64 bits per heavy atom. The third-order valence-corrected chi connectivity index (χ3v) is 2.76. The van der Waals surface area contributed by atoms with Crippen molar-refractivity contribution in [2.24, 2.45) is 0 Å². The fourth-order valence-electron chi connectivity index (χ4n) is 1.42. The molecule has 132 valence electrons. The number of aliphatic hydroxyl groups is 1. The van der Waals surface area contributed by atoms with Gasteiger partial charge in [0, 0.05) is 6.42 Å². The molecule has 0 radical (unpaired) electrons. The van der Waals surface area contributed by atoms with Crippen LogP contribution in [0.2, 0.25) is 0 Å². The minimum absolute atomic E-state index is 0.310. The zero-order chi connectivity index (χ0) is 17.8. The lowest BCUT2D eigenvalue weighted by Crippen LogP contribution is -2.63. The molecule has 0 fully saturated rings. The summed E-state index contributed by atoms with van der Waals surface area (Å²) in [6.07, 6.45) is -5.51. The van der Waals surface area contributed by atoms with E-state index in [0.717, 1.165) is 0 Å². The van der Waals surface area contributed by atoms with Crippen LogP contribution in [0.25, 0.3) is 0 Å². The van der Waals surface area contributed by atoms with Gasteiger partial charge in [0.1, 0.15) is 6.61 Å². The van der Waals surface area contributed by atoms with Crippen molar-refractivity contribution in [3.63, 3.8) is 0 Å². The molecule has 0 aromatic carbocycles. The Morgan fingerprint density at radius 2 is 1.23 bits per heavy atom. The van der Waals surface area contributed by atoms with Crippen LogP contribution in [0.15, 0.2) is 12.2 Å². The number of hydrogen-bond donors (Lipinski definition) is 1. The second kappa shape index (κ2) is 7.05. The smallest absolute Gasteiger partial charge is 0.380 e. The van der Waals surface area contributed by atoms with Gasteiger partial charge in [-0.1, -0.05) is 0 Å². The molecule has 0 bridgehead atoms. The molecule has 0 heterocycles. The van der Waals surface area contributed by atoms with E-state index in [1.807, 2.05) is 0 Å². The molecule has 1 N–H and O–H groups in total. The first kappa shape index (κ1) is 21.0. The Kier molecular flexibility index (Phi) is 6.73. The Morgan fingerprint density at radius 1 is 0.773 bits per heavy atom. The van der Waals surface area contributed by atoms with E-state index in [0.29, 0.717) is 6.08 Å². The molecule has 0 unspecified atom stereocenters. The maximum atomic E-state index is 13.1. The first-order valence-electron chi connectivity index (χ1n) is 5.86. The molecule has 22 heavy (non-hydrogen) atoms. The minimum Gasteiger partial charge on any atom is -0.390 e. The zero-order valence-corrected chi connectivity index (χ0v) is 10.8.